The van der Waals surface area contributed by atoms with Crippen molar-refractivity contribution in [2.45, 2.75) is 13.5 Å². The number of hydrogen-bond acceptors (Lipinski definition) is 6. The van der Waals surface area contributed by atoms with Gasteiger partial charge in [-0.05, 0) is 31.2 Å². The summed E-state index contributed by atoms with van der Waals surface area (Å²) in [6, 6.07) is 7.23. The van der Waals surface area contributed by atoms with E-state index >= 15 is 0 Å². The van der Waals surface area contributed by atoms with Gasteiger partial charge in [0.25, 0.3) is 0 Å². The van der Waals surface area contributed by atoms with Crippen LogP contribution in [0.5, 0.6) is 5.75 Å². The lowest BCUT2D eigenvalue weighted by molar-refractivity contribution is 0.150. The molecule has 0 radical (unpaired) electrons. The Hall–Kier alpha value is -2.57. The summed E-state index contributed by atoms with van der Waals surface area (Å²) < 4.78 is 15.2. The molecule has 1 aromatic carbocycles. The summed E-state index contributed by atoms with van der Waals surface area (Å²) in [5.41, 5.74) is 0.778. The second-order valence-electron chi connectivity index (χ2n) is 3.80. The summed E-state index contributed by atoms with van der Waals surface area (Å²) in [6.07, 6.45) is -0.517. The smallest absolute Gasteiger partial charge is 0.407 e. The molecule has 1 heterocycles. The molecular formula is C13H15N3O4. The monoisotopic (exact) mass is 277 g/mol. The summed E-state index contributed by atoms with van der Waals surface area (Å²) in [4.78, 5) is 11.1. The second kappa shape index (κ2) is 6.55. The summed E-state index contributed by atoms with van der Waals surface area (Å²) in [5.74, 6) is 1.44. The minimum absolute atomic E-state index is 0.127. The third kappa shape index (κ3) is 3.47. The molecule has 0 unspecified atom stereocenters. The number of carbonyl (C=O) groups is 1. The molecule has 7 heteroatoms. The van der Waals surface area contributed by atoms with Gasteiger partial charge in [0.2, 0.25) is 11.8 Å². The fourth-order valence-electron chi connectivity index (χ4n) is 1.51. The van der Waals surface area contributed by atoms with Crippen LogP contribution in [0.15, 0.2) is 28.7 Å². The van der Waals surface area contributed by atoms with E-state index in [4.69, 9.17) is 13.9 Å². The fraction of sp³-hybridized carbons (Fsp3) is 0.308. The van der Waals surface area contributed by atoms with Crippen LogP contribution in [-0.4, -0.2) is 30.0 Å². The molecule has 20 heavy (non-hydrogen) atoms. The van der Waals surface area contributed by atoms with Crippen molar-refractivity contribution in [2.24, 2.45) is 0 Å². The lowest BCUT2D eigenvalue weighted by Gasteiger charge is -2.01. The number of alkyl carbamates (subject to hydrolysis) is 1. The molecule has 1 N–H and O–H groups in total. The van der Waals surface area contributed by atoms with Crippen LogP contribution in [0.1, 0.15) is 12.8 Å². The van der Waals surface area contributed by atoms with Crippen LogP contribution in [0.2, 0.25) is 0 Å². The van der Waals surface area contributed by atoms with E-state index in [0.29, 0.717) is 18.4 Å². The van der Waals surface area contributed by atoms with Crippen LogP contribution in [-0.2, 0) is 11.3 Å². The van der Waals surface area contributed by atoms with Crippen LogP contribution in [0.4, 0.5) is 4.79 Å². The maximum atomic E-state index is 11.1. The summed E-state index contributed by atoms with van der Waals surface area (Å²) in [6.45, 7) is 2.17. The molecule has 7 nitrogen and oxygen atoms in total. The van der Waals surface area contributed by atoms with Crippen molar-refractivity contribution in [3.8, 4) is 17.2 Å². The van der Waals surface area contributed by atoms with Gasteiger partial charge in [-0.3, -0.25) is 0 Å². The predicted molar refractivity (Wildman–Crippen MR) is 70.1 cm³/mol. The zero-order valence-electron chi connectivity index (χ0n) is 11.3. The number of aromatic nitrogens is 2. The molecule has 0 aliphatic heterocycles. The average Bonchev–Trinajstić information content (AvgIpc) is 2.94. The summed E-state index contributed by atoms with van der Waals surface area (Å²) in [7, 11) is 1.60. The zero-order valence-corrected chi connectivity index (χ0v) is 11.3. The number of amides is 1. The number of nitrogens with one attached hydrogen (secondary N) is 1. The van der Waals surface area contributed by atoms with Crippen LogP contribution < -0.4 is 10.1 Å². The number of benzene rings is 1. The standard InChI is InChI=1S/C13H15N3O4/c1-3-19-13(17)14-8-11-15-16-12(20-11)9-4-6-10(18-2)7-5-9/h4-7H,3,8H2,1-2H3,(H,14,17). The largest absolute Gasteiger partial charge is 0.497 e. The number of rotatable bonds is 5. The Labute approximate surface area is 115 Å². The molecule has 0 spiro atoms. The summed E-state index contributed by atoms with van der Waals surface area (Å²) in [5, 5.41) is 10.3. The molecule has 0 fully saturated rings. The third-order valence-electron chi connectivity index (χ3n) is 2.46. The first-order valence-electron chi connectivity index (χ1n) is 6.10. The molecule has 1 aromatic heterocycles. The van der Waals surface area contributed by atoms with E-state index in [9.17, 15) is 4.79 Å². The van der Waals surface area contributed by atoms with Gasteiger partial charge in [-0.15, -0.1) is 10.2 Å². The molecule has 0 saturated carbocycles. The molecule has 2 aromatic rings. The number of hydrogen-bond donors (Lipinski definition) is 1. The maximum Gasteiger partial charge on any atom is 0.407 e. The van der Waals surface area contributed by atoms with Crippen LogP contribution in [0.25, 0.3) is 11.5 Å². The van der Waals surface area contributed by atoms with Crippen molar-refractivity contribution in [3.63, 3.8) is 0 Å². The Kier molecular flexibility index (Phi) is 4.54. The topological polar surface area (TPSA) is 86.5 Å². The van der Waals surface area contributed by atoms with Gasteiger partial charge in [-0.1, -0.05) is 0 Å². The number of carbonyl (C=O) groups excluding carboxylic acids is 1. The van der Waals surface area contributed by atoms with E-state index in [2.05, 4.69) is 15.5 Å². The number of ether oxygens (including phenoxy) is 2. The van der Waals surface area contributed by atoms with Crippen molar-refractivity contribution in [3.05, 3.63) is 30.2 Å². The average molecular weight is 277 g/mol. The quantitative estimate of drug-likeness (QED) is 0.899. The van der Waals surface area contributed by atoms with E-state index in [-0.39, 0.29) is 6.54 Å². The molecule has 0 aliphatic carbocycles. The molecule has 0 bridgehead atoms. The minimum atomic E-state index is -0.517. The summed E-state index contributed by atoms with van der Waals surface area (Å²) >= 11 is 0. The number of nitrogens with zero attached hydrogens (tertiary/aromatic N) is 2. The van der Waals surface area contributed by atoms with Gasteiger partial charge >= 0.3 is 6.09 Å². The Morgan fingerprint density at radius 2 is 2.05 bits per heavy atom. The van der Waals surface area contributed by atoms with E-state index in [1.165, 1.54) is 0 Å². The third-order valence-corrected chi connectivity index (χ3v) is 2.46. The highest BCUT2D eigenvalue weighted by Gasteiger charge is 2.10. The highest BCUT2D eigenvalue weighted by molar-refractivity contribution is 5.66. The van der Waals surface area contributed by atoms with Crippen LogP contribution >= 0.6 is 0 Å². The molecule has 0 aliphatic rings. The fourth-order valence-corrected chi connectivity index (χ4v) is 1.51. The Morgan fingerprint density at radius 3 is 2.70 bits per heavy atom. The van der Waals surface area contributed by atoms with Crippen LogP contribution in [0, 0.1) is 0 Å². The van der Waals surface area contributed by atoms with E-state index in [1.54, 1.807) is 26.2 Å². The zero-order chi connectivity index (χ0) is 14.4. The predicted octanol–water partition coefficient (Wildman–Crippen LogP) is 1.99. The molecule has 1 amide bonds. The van der Waals surface area contributed by atoms with Gasteiger partial charge in [0.15, 0.2) is 0 Å². The normalized spacial score (nSPS) is 10.1. The van der Waals surface area contributed by atoms with Gasteiger partial charge in [-0.2, -0.15) is 0 Å². The highest BCUT2D eigenvalue weighted by Crippen LogP contribution is 2.20. The molecular weight excluding hydrogens is 262 g/mol. The molecule has 0 atom stereocenters. The Bertz CT molecular complexity index is 565. The van der Waals surface area contributed by atoms with Gasteiger partial charge in [-0.25, -0.2) is 4.79 Å². The van der Waals surface area contributed by atoms with E-state index in [0.717, 1.165) is 11.3 Å². The first-order valence-corrected chi connectivity index (χ1v) is 6.10. The Balaban J connectivity index is 1.99. The SMILES string of the molecule is CCOC(=O)NCc1nnc(-c2ccc(OC)cc2)o1. The van der Waals surface area contributed by atoms with Crippen molar-refractivity contribution in [1.82, 2.24) is 15.5 Å². The van der Waals surface area contributed by atoms with Gasteiger partial charge in [0, 0.05) is 5.56 Å². The molecule has 106 valence electrons. The van der Waals surface area contributed by atoms with Gasteiger partial charge in [0.05, 0.1) is 20.3 Å². The van der Waals surface area contributed by atoms with Crippen molar-refractivity contribution < 1.29 is 18.7 Å². The van der Waals surface area contributed by atoms with E-state index in [1.807, 2.05) is 12.1 Å². The first-order chi connectivity index (χ1) is 9.72. The molecule has 0 saturated heterocycles. The minimum Gasteiger partial charge on any atom is -0.497 e. The van der Waals surface area contributed by atoms with Crippen molar-refractivity contribution in [1.29, 1.82) is 0 Å². The van der Waals surface area contributed by atoms with Gasteiger partial charge in [0.1, 0.15) is 5.75 Å². The van der Waals surface area contributed by atoms with Crippen molar-refractivity contribution >= 4 is 6.09 Å². The first kappa shape index (κ1) is 13.9. The van der Waals surface area contributed by atoms with E-state index < -0.39 is 6.09 Å². The second-order valence-corrected chi connectivity index (χ2v) is 3.80. The maximum absolute atomic E-state index is 11.1. The lowest BCUT2D eigenvalue weighted by atomic mass is 10.2. The van der Waals surface area contributed by atoms with Gasteiger partial charge < -0.3 is 19.2 Å². The Morgan fingerprint density at radius 1 is 1.30 bits per heavy atom. The van der Waals surface area contributed by atoms with Crippen LogP contribution in [0.3, 0.4) is 0 Å². The lowest BCUT2D eigenvalue weighted by Crippen LogP contribution is -2.23. The highest BCUT2D eigenvalue weighted by atomic mass is 16.5. The van der Waals surface area contributed by atoms with Crippen molar-refractivity contribution in [2.75, 3.05) is 13.7 Å². The molecule has 2 rings (SSSR count). The number of methoxy groups -OCH3 is 1.